The number of benzene rings is 1. The number of hydrogen-bond acceptors (Lipinski definition) is 6. The summed E-state index contributed by atoms with van der Waals surface area (Å²) in [6, 6.07) is 14.0. The van der Waals surface area contributed by atoms with Crippen molar-refractivity contribution in [3.63, 3.8) is 0 Å². The molecule has 4 heterocycles. The van der Waals surface area contributed by atoms with E-state index in [1.807, 2.05) is 29.2 Å². The van der Waals surface area contributed by atoms with Crippen molar-refractivity contribution in [1.82, 2.24) is 14.9 Å². The van der Waals surface area contributed by atoms with E-state index < -0.39 is 0 Å². The average Bonchev–Trinajstić information content (AvgIpc) is 3.41. The second kappa shape index (κ2) is 7.53. The van der Waals surface area contributed by atoms with Crippen LogP contribution in [0.1, 0.15) is 9.67 Å². The van der Waals surface area contributed by atoms with Gasteiger partial charge >= 0.3 is 0 Å². The van der Waals surface area contributed by atoms with Gasteiger partial charge in [-0.3, -0.25) is 4.79 Å². The third-order valence-corrected chi connectivity index (χ3v) is 7.10. The Morgan fingerprint density at radius 3 is 2.52 bits per heavy atom. The van der Waals surface area contributed by atoms with Gasteiger partial charge in [0.1, 0.15) is 16.2 Å². The number of thiophene rings is 1. The summed E-state index contributed by atoms with van der Waals surface area (Å²) < 4.78 is 13.1. The van der Waals surface area contributed by atoms with Crippen molar-refractivity contribution in [3.05, 3.63) is 65.4 Å². The number of hydrogen-bond donors (Lipinski definition) is 0. The summed E-state index contributed by atoms with van der Waals surface area (Å²) >= 11 is 3.04. The maximum Gasteiger partial charge on any atom is 0.264 e. The lowest BCUT2D eigenvalue weighted by Crippen LogP contribution is -2.48. The molecule has 5 rings (SSSR count). The molecule has 5 nitrogen and oxygen atoms in total. The lowest BCUT2D eigenvalue weighted by molar-refractivity contribution is 0.0751. The summed E-state index contributed by atoms with van der Waals surface area (Å²) in [6.07, 6.45) is 1.78. The van der Waals surface area contributed by atoms with Gasteiger partial charge in [-0.2, -0.15) is 0 Å². The van der Waals surface area contributed by atoms with Crippen LogP contribution in [0.2, 0.25) is 0 Å². The van der Waals surface area contributed by atoms with Crippen LogP contribution in [0.25, 0.3) is 20.8 Å². The Labute approximate surface area is 175 Å². The van der Waals surface area contributed by atoms with E-state index in [0.717, 1.165) is 39.0 Å². The van der Waals surface area contributed by atoms with E-state index in [1.54, 1.807) is 29.7 Å². The van der Waals surface area contributed by atoms with Crippen molar-refractivity contribution in [3.8, 4) is 10.4 Å². The number of halogens is 1. The highest BCUT2D eigenvalue weighted by Crippen LogP contribution is 2.30. The summed E-state index contributed by atoms with van der Waals surface area (Å²) in [7, 11) is 0. The zero-order chi connectivity index (χ0) is 19.8. The van der Waals surface area contributed by atoms with Crippen LogP contribution in [-0.4, -0.2) is 47.0 Å². The van der Waals surface area contributed by atoms with Gasteiger partial charge in [-0.05, 0) is 42.0 Å². The molecule has 0 N–H and O–H groups in total. The topological polar surface area (TPSA) is 49.3 Å². The number of rotatable bonds is 3. The Kier molecular flexibility index (Phi) is 4.73. The molecule has 0 saturated carbocycles. The third-order valence-electron chi connectivity index (χ3n) is 4.94. The van der Waals surface area contributed by atoms with Crippen molar-refractivity contribution in [2.75, 3.05) is 31.1 Å². The summed E-state index contributed by atoms with van der Waals surface area (Å²) in [5, 5.41) is 0.959. The van der Waals surface area contributed by atoms with Gasteiger partial charge in [0.25, 0.3) is 5.91 Å². The van der Waals surface area contributed by atoms with E-state index in [2.05, 4.69) is 14.9 Å². The molecule has 29 heavy (non-hydrogen) atoms. The van der Waals surface area contributed by atoms with Gasteiger partial charge in [0, 0.05) is 37.3 Å². The second-order valence-electron chi connectivity index (χ2n) is 6.77. The van der Waals surface area contributed by atoms with Crippen LogP contribution < -0.4 is 4.90 Å². The zero-order valence-corrected chi connectivity index (χ0v) is 17.0. The number of carbonyl (C=O) groups is 1. The van der Waals surface area contributed by atoms with E-state index in [4.69, 9.17) is 0 Å². The molecule has 0 radical (unpaired) electrons. The fourth-order valence-electron chi connectivity index (χ4n) is 3.37. The summed E-state index contributed by atoms with van der Waals surface area (Å²) in [5.41, 5.74) is 1.84. The minimum absolute atomic E-state index is 0.0500. The van der Waals surface area contributed by atoms with E-state index in [-0.39, 0.29) is 11.7 Å². The first-order valence-electron chi connectivity index (χ1n) is 9.29. The molecule has 146 valence electrons. The first kappa shape index (κ1) is 18.2. The molecule has 1 saturated heterocycles. The van der Waals surface area contributed by atoms with Gasteiger partial charge < -0.3 is 9.80 Å². The minimum Gasteiger partial charge on any atom is -0.344 e. The Morgan fingerprint density at radius 1 is 0.966 bits per heavy atom. The van der Waals surface area contributed by atoms with Crippen LogP contribution in [0, 0.1) is 5.82 Å². The van der Waals surface area contributed by atoms with Crippen molar-refractivity contribution >= 4 is 44.1 Å². The van der Waals surface area contributed by atoms with Crippen LogP contribution in [-0.2, 0) is 0 Å². The van der Waals surface area contributed by atoms with Gasteiger partial charge in [-0.25, -0.2) is 14.4 Å². The van der Waals surface area contributed by atoms with E-state index in [1.165, 1.54) is 23.5 Å². The van der Waals surface area contributed by atoms with Gasteiger partial charge in [0.2, 0.25) is 0 Å². The number of anilines is 1. The Bertz CT molecular complexity index is 1130. The van der Waals surface area contributed by atoms with Gasteiger partial charge in [0.05, 0.1) is 4.88 Å². The number of aromatic nitrogens is 2. The van der Waals surface area contributed by atoms with Crippen molar-refractivity contribution in [1.29, 1.82) is 0 Å². The molecular formula is C21H17FN4OS2. The molecular weight excluding hydrogens is 407 g/mol. The monoisotopic (exact) mass is 424 g/mol. The predicted octanol–water partition coefficient (Wildman–Crippen LogP) is 4.52. The molecule has 1 amide bonds. The van der Waals surface area contributed by atoms with Gasteiger partial charge in [-0.1, -0.05) is 23.5 Å². The Balaban J connectivity index is 1.26. The average molecular weight is 425 g/mol. The summed E-state index contributed by atoms with van der Waals surface area (Å²) in [4.78, 5) is 28.7. The molecule has 0 atom stereocenters. The molecule has 0 unspecified atom stereocenters. The quantitative estimate of drug-likeness (QED) is 0.485. The standard InChI is InChI=1S/C21H17FN4OS2/c22-15-5-3-14(4-6-15)17-7-8-18(28-17)20(27)25-10-12-26(13-11-25)21-24-16-2-1-9-23-19(16)29-21/h1-9H,10-13H2. The maximum absolute atomic E-state index is 13.1. The third kappa shape index (κ3) is 3.61. The molecule has 1 aromatic carbocycles. The Hall–Kier alpha value is -2.84. The number of pyridine rings is 1. The summed E-state index contributed by atoms with van der Waals surface area (Å²) in [6.45, 7) is 2.82. The number of amides is 1. The molecule has 1 aliphatic heterocycles. The number of nitrogens with zero attached hydrogens (tertiary/aromatic N) is 4. The highest BCUT2D eigenvalue weighted by atomic mass is 32.1. The van der Waals surface area contributed by atoms with Crippen LogP contribution in [0.3, 0.4) is 0 Å². The lowest BCUT2D eigenvalue weighted by Gasteiger charge is -2.34. The molecule has 8 heteroatoms. The van der Waals surface area contributed by atoms with Crippen LogP contribution in [0.15, 0.2) is 54.7 Å². The predicted molar refractivity (Wildman–Crippen MR) is 115 cm³/mol. The first-order chi connectivity index (χ1) is 14.2. The number of piperazine rings is 1. The van der Waals surface area contributed by atoms with E-state index >= 15 is 0 Å². The van der Waals surface area contributed by atoms with Gasteiger partial charge in [-0.15, -0.1) is 11.3 Å². The first-order valence-corrected chi connectivity index (χ1v) is 10.9. The van der Waals surface area contributed by atoms with E-state index in [9.17, 15) is 9.18 Å². The summed E-state index contributed by atoms with van der Waals surface area (Å²) in [5.74, 6) is -0.211. The minimum atomic E-state index is -0.261. The zero-order valence-electron chi connectivity index (χ0n) is 15.4. The van der Waals surface area contributed by atoms with Crippen molar-refractivity contribution in [2.45, 2.75) is 0 Å². The fourth-order valence-corrected chi connectivity index (χ4v) is 5.31. The molecule has 1 fully saturated rings. The van der Waals surface area contributed by atoms with Crippen LogP contribution >= 0.6 is 22.7 Å². The molecule has 3 aromatic heterocycles. The van der Waals surface area contributed by atoms with E-state index in [0.29, 0.717) is 18.0 Å². The SMILES string of the molecule is O=C(c1ccc(-c2ccc(F)cc2)s1)N1CCN(c2nc3cccnc3s2)CC1. The smallest absolute Gasteiger partial charge is 0.264 e. The molecule has 0 bridgehead atoms. The lowest BCUT2D eigenvalue weighted by atomic mass is 10.2. The molecule has 4 aromatic rings. The van der Waals surface area contributed by atoms with Crippen molar-refractivity contribution in [2.24, 2.45) is 0 Å². The molecule has 0 aliphatic carbocycles. The van der Waals surface area contributed by atoms with Gasteiger partial charge in [0.15, 0.2) is 5.13 Å². The molecule has 1 aliphatic rings. The second-order valence-corrected chi connectivity index (χ2v) is 8.81. The number of carbonyl (C=O) groups excluding carboxylic acids is 1. The van der Waals surface area contributed by atoms with Crippen LogP contribution in [0.4, 0.5) is 9.52 Å². The fraction of sp³-hybridized carbons (Fsp3) is 0.190. The maximum atomic E-state index is 13.1. The molecule has 0 spiro atoms. The highest BCUT2D eigenvalue weighted by molar-refractivity contribution is 7.21. The Morgan fingerprint density at radius 2 is 1.76 bits per heavy atom. The van der Waals surface area contributed by atoms with Crippen LogP contribution in [0.5, 0.6) is 0 Å². The highest BCUT2D eigenvalue weighted by Gasteiger charge is 2.25. The number of fused-ring (bicyclic) bond motifs is 1. The normalized spacial score (nSPS) is 14.5. The number of thiazole rings is 1. The largest absolute Gasteiger partial charge is 0.344 e. The van der Waals surface area contributed by atoms with Crippen molar-refractivity contribution < 1.29 is 9.18 Å².